The first kappa shape index (κ1) is 11.6. The van der Waals surface area contributed by atoms with Crippen LogP contribution in [0.2, 0.25) is 0 Å². The summed E-state index contributed by atoms with van der Waals surface area (Å²) in [7, 11) is 0. The summed E-state index contributed by atoms with van der Waals surface area (Å²) in [5, 5.41) is 0. The lowest BCUT2D eigenvalue weighted by atomic mass is 10.0. The molecule has 1 aliphatic rings. The summed E-state index contributed by atoms with van der Waals surface area (Å²) < 4.78 is 0. The van der Waals surface area contributed by atoms with Gasteiger partial charge in [0, 0.05) is 24.2 Å². The van der Waals surface area contributed by atoms with Crippen LogP contribution in [0.15, 0.2) is 18.2 Å². The van der Waals surface area contributed by atoms with E-state index in [9.17, 15) is 9.59 Å². The second kappa shape index (κ2) is 4.57. The van der Waals surface area contributed by atoms with Crippen LogP contribution < -0.4 is 10.6 Å². The van der Waals surface area contributed by atoms with Crippen LogP contribution in [-0.2, 0) is 4.79 Å². The zero-order valence-corrected chi connectivity index (χ0v) is 9.90. The number of carbonyl (C=O) groups is 2. The van der Waals surface area contributed by atoms with Crippen molar-refractivity contribution in [3.8, 4) is 0 Å². The number of piperidine rings is 1. The molecule has 1 aliphatic heterocycles. The van der Waals surface area contributed by atoms with Gasteiger partial charge in [0.05, 0.1) is 0 Å². The van der Waals surface area contributed by atoms with Gasteiger partial charge in [-0.1, -0.05) is 0 Å². The summed E-state index contributed by atoms with van der Waals surface area (Å²) in [5.74, 6) is -0.282. The van der Waals surface area contributed by atoms with Crippen molar-refractivity contribution in [2.24, 2.45) is 5.73 Å². The van der Waals surface area contributed by atoms with Crippen molar-refractivity contribution in [1.29, 1.82) is 0 Å². The van der Waals surface area contributed by atoms with Crippen molar-refractivity contribution in [3.05, 3.63) is 29.3 Å². The minimum absolute atomic E-state index is 0.158. The Kier molecular flexibility index (Phi) is 3.13. The average Bonchev–Trinajstić information content (AvgIpc) is 2.30. The van der Waals surface area contributed by atoms with Crippen molar-refractivity contribution in [1.82, 2.24) is 0 Å². The predicted molar refractivity (Wildman–Crippen MR) is 65.9 cm³/mol. The Balaban J connectivity index is 2.32. The van der Waals surface area contributed by atoms with Gasteiger partial charge in [0.1, 0.15) is 0 Å². The first-order valence-electron chi connectivity index (χ1n) is 5.80. The fourth-order valence-corrected chi connectivity index (χ4v) is 2.17. The van der Waals surface area contributed by atoms with E-state index in [1.807, 2.05) is 6.92 Å². The summed E-state index contributed by atoms with van der Waals surface area (Å²) in [6.07, 6.45) is 2.60. The highest BCUT2D eigenvalue weighted by Gasteiger charge is 2.21. The van der Waals surface area contributed by atoms with Gasteiger partial charge < -0.3 is 10.6 Å². The molecule has 0 spiro atoms. The molecule has 0 aromatic heterocycles. The van der Waals surface area contributed by atoms with Gasteiger partial charge in [0.2, 0.25) is 11.8 Å². The van der Waals surface area contributed by atoms with Gasteiger partial charge in [0.15, 0.2) is 0 Å². The smallest absolute Gasteiger partial charge is 0.248 e. The molecule has 1 aromatic rings. The molecule has 90 valence electrons. The molecule has 2 N–H and O–H groups in total. The number of primary amides is 1. The number of hydrogen-bond acceptors (Lipinski definition) is 2. The first-order chi connectivity index (χ1) is 8.09. The summed E-state index contributed by atoms with van der Waals surface area (Å²) in [6.45, 7) is 2.65. The largest absolute Gasteiger partial charge is 0.366 e. The number of amides is 2. The summed E-state index contributed by atoms with van der Waals surface area (Å²) >= 11 is 0. The molecule has 1 fully saturated rings. The maximum Gasteiger partial charge on any atom is 0.248 e. The van der Waals surface area contributed by atoms with Crippen LogP contribution in [0, 0.1) is 6.92 Å². The van der Waals surface area contributed by atoms with Gasteiger partial charge in [-0.15, -0.1) is 0 Å². The van der Waals surface area contributed by atoms with E-state index >= 15 is 0 Å². The van der Waals surface area contributed by atoms with E-state index in [1.165, 1.54) is 0 Å². The number of nitrogens with two attached hydrogens (primary N) is 1. The van der Waals surface area contributed by atoms with E-state index in [2.05, 4.69) is 0 Å². The molecule has 0 saturated carbocycles. The summed E-state index contributed by atoms with van der Waals surface area (Å²) in [5.41, 5.74) is 7.50. The molecular formula is C13H16N2O2. The van der Waals surface area contributed by atoms with Gasteiger partial charge in [-0.25, -0.2) is 0 Å². The second-order valence-electron chi connectivity index (χ2n) is 4.37. The van der Waals surface area contributed by atoms with E-state index in [0.29, 0.717) is 12.0 Å². The highest BCUT2D eigenvalue weighted by molar-refractivity contribution is 5.97. The van der Waals surface area contributed by atoms with Crippen LogP contribution in [0.5, 0.6) is 0 Å². The number of benzene rings is 1. The molecule has 0 atom stereocenters. The van der Waals surface area contributed by atoms with Crippen LogP contribution in [-0.4, -0.2) is 18.4 Å². The molecule has 1 aromatic carbocycles. The third-order valence-corrected chi connectivity index (χ3v) is 3.10. The molecule has 1 saturated heterocycles. The molecule has 0 bridgehead atoms. The number of hydrogen-bond donors (Lipinski definition) is 1. The number of anilines is 1. The lowest BCUT2D eigenvalue weighted by molar-refractivity contribution is -0.119. The van der Waals surface area contributed by atoms with Crippen molar-refractivity contribution < 1.29 is 9.59 Å². The van der Waals surface area contributed by atoms with E-state index < -0.39 is 5.91 Å². The van der Waals surface area contributed by atoms with Gasteiger partial charge >= 0.3 is 0 Å². The Labute approximate surface area is 100 Å². The lowest BCUT2D eigenvalue weighted by Crippen LogP contribution is -2.35. The third kappa shape index (κ3) is 2.30. The first-order valence-corrected chi connectivity index (χ1v) is 5.80. The topological polar surface area (TPSA) is 63.4 Å². The maximum absolute atomic E-state index is 11.8. The Hall–Kier alpha value is -1.84. The minimum Gasteiger partial charge on any atom is -0.366 e. The lowest BCUT2D eigenvalue weighted by Gasteiger charge is -2.28. The van der Waals surface area contributed by atoms with Crippen LogP contribution in [0.4, 0.5) is 5.69 Å². The van der Waals surface area contributed by atoms with E-state index in [4.69, 9.17) is 5.73 Å². The Morgan fingerprint density at radius 1 is 1.35 bits per heavy atom. The van der Waals surface area contributed by atoms with Crippen molar-refractivity contribution in [2.45, 2.75) is 26.2 Å². The molecule has 0 unspecified atom stereocenters. The zero-order valence-electron chi connectivity index (χ0n) is 9.90. The molecule has 17 heavy (non-hydrogen) atoms. The van der Waals surface area contributed by atoms with Gasteiger partial charge in [0.25, 0.3) is 0 Å². The van der Waals surface area contributed by atoms with Crippen molar-refractivity contribution in [2.75, 3.05) is 11.4 Å². The Morgan fingerprint density at radius 3 is 2.71 bits per heavy atom. The number of aryl methyl sites for hydroxylation is 1. The molecule has 2 rings (SSSR count). The van der Waals surface area contributed by atoms with Gasteiger partial charge in [-0.3, -0.25) is 9.59 Å². The monoisotopic (exact) mass is 232 g/mol. The standard InChI is InChI=1S/C13H16N2O2/c1-9-8-10(13(14)17)5-6-11(9)15-7-3-2-4-12(15)16/h5-6,8H,2-4,7H2,1H3,(H2,14,17). The summed E-state index contributed by atoms with van der Waals surface area (Å²) in [6, 6.07) is 5.21. The number of carbonyl (C=O) groups excluding carboxylic acids is 2. The molecular weight excluding hydrogens is 216 g/mol. The van der Waals surface area contributed by atoms with Crippen LogP contribution in [0.3, 0.4) is 0 Å². The molecule has 1 heterocycles. The SMILES string of the molecule is Cc1cc(C(N)=O)ccc1N1CCCCC1=O. The quantitative estimate of drug-likeness (QED) is 0.842. The molecule has 4 nitrogen and oxygen atoms in total. The molecule has 2 amide bonds. The normalized spacial score (nSPS) is 16.1. The van der Waals surface area contributed by atoms with Crippen LogP contribution in [0.1, 0.15) is 35.2 Å². The minimum atomic E-state index is -0.440. The van der Waals surface area contributed by atoms with Crippen molar-refractivity contribution >= 4 is 17.5 Å². The van der Waals surface area contributed by atoms with E-state index in [0.717, 1.165) is 30.6 Å². The summed E-state index contributed by atoms with van der Waals surface area (Å²) in [4.78, 5) is 24.6. The van der Waals surface area contributed by atoms with Gasteiger partial charge in [-0.05, 0) is 43.5 Å². The van der Waals surface area contributed by atoms with Crippen LogP contribution >= 0.6 is 0 Å². The average molecular weight is 232 g/mol. The number of rotatable bonds is 2. The Bertz CT molecular complexity index is 468. The predicted octanol–water partition coefficient (Wildman–Crippen LogP) is 1.61. The third-order valence-electron chi connectivity index (χ3n) is 3.10. The van der Waals surface area contributed by atoms with Crippen molar-refractivity contribution in [3.63, 3.8) is 0 Å². The molecule has 0 aliphatic carbocycles. The van der Waals surface area contributed by atoms with E-state index in [-0.39, 0.29) is 5.91 Å². The Morgan fingerprint density at radius 2 is 2.12 bits per heavy atom. The molecule has 4 heteroatoms. The second-order valence-corrected chi connectivity index (χ2v) is 4.37. The highest BCUT2D eigenvalue weighted by atomic mass is 16.2. The maximum atomic E-state index is 11.8. The highest BCUT2D eigenvalue weighted by Crippen LogP contribution is 2.25. The molecule has 0 radical (unpaired) electrons. The van der Waals surface area contributed by atoms with E-state index in [1.54, 1.807) is 23.1 Å². The number of nitrogens with zero attached hydrogens (tertiary/aromatic N) is 1. The fourth-order valence-electron chi connectivity index (χ4n) is 2.17. The van der Waals surface area contributed by atoms with Crippen LogP contribution in [0.25, 0.3) is 0 Å². The fraction of sp³-hybridized carbons (Fsp3) is 0.385. The van der Waals surface area contributed by atoms with Gasteiger partial charge in [-0.2, -0.15) is 0 Å². The zero-order chi connectivity index (χ0) is 12.4.